The summed E-state index contributed by atoms with van der Waals surface area (Å²) in [4.78, 5) is 37.1. The molecule has 132 valence electrons. The average Bonchev–Trinajstić information content (AvgIpc) is 2.53. The van der Waals surface area contributed by atoms with Gasteiger partial charge in [-0.05, 0) is 38.2 Å². The molecule has 0 radical (unpaired) electrons. The van der Waals surface area contributed by atoms with E-state index in [4.69, 9.17) is 4.74 Å². The number of amides is 1. The second kappa shape index (κ2) is 9.02. The lowest BCUT2D eigenvalue weighted by molar-refractivity contribution is -0.118. The molecule has 0 aromatic heterocycles. The standard InChI is InChI=1S/C17H24N2O5/c1-5-19(6-2)12(4)24-17(23)14-9-13(7-8-15(14)21)16(22)10-18-11(3)20/h7-9,12,21H,5-6,10H2,1-4H3,(H,18,20). The number of hydrogen-bond acceptors (Lipinski definition) is 6. The van der Waals surface area contributed by atoms with E-state index in [0.29, 0.717) is 13.1 Å². The highest BCUT2D eigenvalue weighted by atomic mass is 16.6. The minimum Gasteiger partial charge on any atom is -0.507 e. The number of esters is 1. The van der Waals surface area contributed by atoms with Crippen molar-refractivity contribution in [1.82, 2.24) is 10.2 Å². The first kappa shape index (κ1) is 19.6. The Morgan fingerprint density at radius 2 is 1.88 bits per heavy atom. The number of phenols is 1. The van der Waals surface area contributed by atoms with Gasteiger partial charge in [-0.2, -0.15) is 0 Å². The molecule has 0 aliphatic heterocycles. The number of nitrogens with one attached hydrogen (secondary N) is 1. The Hall–Kier alpha value is -2.41. The second-order valence-electron chi connectivity index (χ2n) is 5.29. The van der Waals surface area contributed by atoms with Gasteiger partial charge in [-0.1, -0.05) is 13.8 Å². The molecule has 24 heavy (non-hydrogen) atoms. The molecule has 0 bridgehead atoms. The molecule has 2 N–H and O–H groups in total. The molecular weight excluding hydrogens is 312 g/mol. The number of carbonyl (C=O) groups excluding carboxylic acids is 3. The van der Waals surface area contributed by atoms with Gasteiger partial charge >= 0.3 is 5.97 Å². The summed E-state index contributed by atoms with van der Waals surface area (Å²) in [5.41, 5.74) is 0.131. The van der Waals surface area contributed by atoms with Crippen LogP contribution in [0.3, 0.4) is 0 Å². The molecular formula is C17H24N2O5. The molecule has 7 nitrogen and oxygen atoms in total. The highest BCUT2D eigenvalue weighted by Gasteiger charge is 2.20. The van der Waals surface area contributed by atoms with Gasteiger partial charge in [0.1, 0.15) is 11.3 Å². The molecule has 1 unspecified atom stereocenters. The Balaban J connectivity index is 2.90. The maximum absolute atomic E-state index is 12.3. The van der Waals surface area contributed by atoms with Crippen LogP contribution in [0.5, 0.6) is 5.75 Å². The average molecular weight is 336 g/mol. The zero-order chi connectivity index (χ0) is 18.3. The number of Topliss-reactive ketones (excluding diaryl/α,β-unsaturated/α-hetero) is 1. The summed E-state index contributed by atoms with van der Waals surface area (Å²) in [7, 11) is 0. The second-order valence-corrected chi connectivity index (χ2v) is 5.29. The first-order chi connectivity index (χ1) is 11.3. The van der Waals surface area contributed by atoms with Crippen molar-refractivity contribution in [3.8, 4) is 5.75 Å². The van der Waals surface area contributed by atoms with Crippen molar-refractivity contribution < 1.29 is 24.2 Å². The van der Waals surface area contributed by atoms with Gasteiger partial charge in [0, 0.05) is 12.5 Å². The Morgan fingerprint density at radius 3 is 2.42 bits per heavy atom. The van der Waals surface area contributed by atoms with Crippen LogP contribution in [0.4, 0.5) is 0 Å². The van der Waals surface area contributed by atoms with E-state index in [1.807, 2.05) is 18.7 Å². The van der Waals surface area contributed by atoms with E-state index >= 15 is 0 Å². The summed E-state index contributed by atoms with van der Waals surface area (Å²) >= 11 is 0. The first-order valence-corrected chi connectivity index (χ1v) is 7.85. The van der Waals surface area contributed by atoms with Crippen LogP contribution in [0.15, 0.2) is 18.2 Å². The maximum Gasteiger partial charge on any atom is 0.343 e. The number of rotatable bonds is 8. The van der Waals surface area contributed by atoms with E-state index in [9.17, 15) is 19.5 Å². The van der Waals surface area contributed by atoms with Crippen molar-refractivity contribution in [2.45, 2.75) is 33.9 Å². The van der Waals surface area contributed by atoms with Gasteiger partial charge < -0.3 is 15.2 Å². The Morgan fingerprint density at radius 1 is 1.25 bits per heavy atom. The summed E-state index contributed by atoms with van der Waals surface area (Å²) in [6.07, 6.45) is -0.453. The Kier molecular flexibility index (Phi) is 7.38. The van der Waals surface area contributed by atoms with Gasteiger partial charge in [0.05, 0.1) is 6.54 Å². The first-order valence-electron chi connectivity index (χ1n) is 7.85. The third-order valence-electron chi connectivity index (χ3n) is 3.64. The van der Waals surface area contributed by atoms with Crippen LogP contribution in [-0.2, 0) is 9.53 Å². The van der Waals surface area contributed by atoms with E-state index in [1.165, 1.54) is 25.1 Å². The van der Waals surface area contributed by atoms with Crippen molar-refractivity contribution in [3.63, 3.8) is 0 Å². The molecule has 0 aliphatic rings. The zero-order valence-corrected chi connectivity index (χ0v) is 14.5. The van der Waals surface area contributed by atoms with Gasteiger partial charge in [-0.15, -0.1) is 0 Å². The predicted molar refractivity (Wildman–Crippen MR) is 88.9 cm³/mol. The fourth-order valence-electron chi connectivity index (χ4n) is 2.21. The topological polar surface area (TPSA) is 95.9 Å². The van der Waals surface area contributed by atoms with Gasteiger partial charge in [0.25, 0.3) is 0 Å². The molecule has 1 amide bonds. The fourth-order valence-corrected chi connectivity index (χ4v) is 2.21. The minimum atomic E-state index is -0.707. The number of hydrogen-bond donors (Lipinski definition) is 2. The van der Waals surface area contributed by atoms with E-state index in [1.54, 1.807) is 6.92 Å². The summed E-state index contributed by atoms with van der Waals surface area (Å²) < 4.78 is 5.34. The number of benzene rings is 1. The number of ketones is 1. The van der Waals surface area contributed by atoms with E-state index in [0.717, 1.165) is 0 Å². The molecule has 0 fully saturated rings. The van der Waals surface area contributed by atoms with Crippen LogP contribution >= 0.6 is 0 Å². The van der Waals surface area contributed by atoms with Crippen LogP contribution in [0.25, 0.3) is 0 Å². The van der Waals surface area contributed by atoms with E-state index in [2.05, 4.69) is 5.32 Å². The molecule has 1 aromatic carbocycles. The molecule has 0 heterocycles. The summed E-state index contributed by atoms with van der Waals surface area (Å²) in [5.74, 6) is -1.66. The molecule has 1 aromatic rings. The number of phenolic OH excluding ortho intramolecular Hbond substituents is 1. The van der Waals surface area contributed by atoms with Gasteiger partial charge in [-0.25, -0.2) is 4.79 Å². The minimum absolute atomic E-state index is 0.0809. The SMILES string of the molecule is CCN(CC)C(C)OC(=O)c1cc(C(=O)CNC(C)=O)ccc1O. The Bertz CT molecular complexity index is 611. The van der Waals surface area contributed by atoms with Crippen molar-refractivity contribution in [2.24, 2.45) is 0 Å². The molecule has 0 aliphatic carbocycles. The third-order valence-corrected chi connectivity index (χ3v) is 3.64. The van der Waals surface area contributed by atoms with Gasteiger partial charge in [0.15, 0.2) is 12.0 Å². The normalized spacial score (nSPS) is 11.9. The predicted octanol–water partition coefficient (Wildman–Crippen LogP) is 1.56. The quantitative estimate of drug-likeness (QED) is 0.425. The zero-order valence-electron chi connectivity index (χ0n) is 14.5. The van der Waals surface area contributed by atoms with Gasteiger partial charge in [0.2, 0.25) is 5.91 Å². The summed E-state index contributed by atoms with van der Waals surface area (Å²) in [6.45, 7) is 8.21. The van der Waals surface area contributed by atoms with Crippen LogP contribution < -0.4 is 5.32 Å². The van der Waals surface area contributed by atoms with Crippen LogP contribution in [0.1, 0.15) is 48.4 Å². The third kappa shape index (κ3) is 5.34. The number of ether oxygens (including phenoxy) is 1. The maximum atomic E-state index is 12.3. The van der Waals surface area contributed by atoms with E-state index in [-0.39, 0.29) is 35.1 Å². The lowest BCUT2D eigenvalue weighted by atomic mass is 10.1. The van der Waals surface area contributed by atoms with Crippen LogP contribution in [-0.4, -0.2) is 53.5 Å². The number of aromatic hydroxyl groups is 1. The van der Waals surface area contributed by atoms with Crippen LogP contribution in [0, 0.1) is 0 Å². The molecule has 0 saturated carbocycles. The lowest BCUT2D eigenvalue weighted by Crippen LogP contribution is -2.36. The molecule has 1 atom stereocenters. The fraction of sp³-hybridized carbons (Fsp3) is 0.471. The van der Waals surface area contributed by atoms with Gasteiger partial charge in [-0.3, -0.25) is 14.5 Å². The van der Waals surface area contributed by atoms with Crippen molar-refractivity contribution in [1.29, 1.82) is 0 Å². The lowest BCUT2D eigenvalue weighted by Gasteiger charge is -2.26. The smallest absolute Gasteiger partial charge is 0.343 e. The number of nitrogens with zero attached hydrogens (tertiary/aromatic N) is 1. The van der Waals surface area contributed by atoms with E-state index < -0.39 is 12.2 Å². The summed E-state index contributed by atoms with van der Waals surface area (Å²) in [5, 5.41) is 12.3. The molecule has 7 heteroatoms. The number of carbonyl (C=O) groups is 3. The molecule has 1 rings (SSSR count). The Labute approximate surface area is 141 Å². The van der Waals surface area contributed by atoms with Crippen molar-refractivity contribution in [3.05, 3.63) is 29.3 Å². The van der Waals surface area contributed by atoms with Crippen molar-refractivity contribution >= 4 is 17.7 Å². The van der Waals surface area contributed by atoms with Crippen molar-refractivity contribution in [2.75, 3.05) is 19.6 Å². The highest BCUT2D eigenvalue weighted by molar-refractivity contribution is 6.02. The van der Waals surface area contributed by atoms with Crippen LogP contribution in [0.2, 0.25) is 0 Å². The molecule has 0 saturated heterocycles. The highest BCUT2D eigenvalue weighted by Crippen LogP contribution is 2.21. The summed E-state index contributed by atoms with van der Waals surface area (Å²) in [6, 6.07) is 3.93. The monoisotopic (exact) mass is 336 g/mol. The molecule has 0 spiro atoms. The largest absolute Gasteiger partial charge is 0.507 e.